The monoisotopic (exact) mass is 412 g/mol. The molecule has 0 saturated heterocycles. The minimum absolute atomic E-state index is 0.585. The molecule has 0 radical (unpaired) electrons. The summed E-state index contributed by atoms with van der Waals surface area (Å²) in [7, 11) is 0. The van der Waals surface area contributed by atoms with Crippen molar-refractivity contribution in [2.24, 2.45) is 47.3 Å². The first kappa shape index (κ1) is 25.5. The Balaban J connectivity index is 1.66. The third-order valence-corrected chi connectivity index (χ3v) is 7.70. The Bertz CT molecular complexity index is 518. The van der Waals surface area contributed by atoms with Gasteiger partial charge in [0.05, 0.1) is 0 Å². The van der Waals surface area contributed by atoms with Crippen molar-refractivity contribution in [3.8, 4) is 0 Å². The number of rotatable bonds is 10. The standard InChI is InChI=1S/C30H52/c1-23(2)7-9-25(5)11-13-27-15-19-29(20-16-27)30-21-17-28(18-22-30)14-12-26(6)10-8-24(3)4/h7,9,11-14,23-30H,8,10,15-22H2,1-6H3/b9-7-,13-11+,14-12+. The van der Waals surface area contributed by atoms with Crippen LogP contribution in [0.1, 0.15) is 106 Å². The highest BCUT2D eigenvalue weighted by Crippen LogP contribution is 2.42. The molecule has 2 aliphatic carbocycles. The normalized spacial score (nSPS) is 30.8. The second-order valence-electron chi connectivity index (χ2n) is 11.6. The third-order valence-electron chi connectivity index (χ3n) is 7.70. The third kappa shape index (κ3) is 10.0. The second kappa shape index (κ2) is 13.6. The van der Waals surface area contributed by atoms with Crippen molar-refractivity contribution in [1.82, 2.24) is 0 Å². The van der Waals surface area contributed by atoms with Gasteiger partial charge in [-0.15, -0.1) is 0 Å². The molecule has 0 nitrogen and oxygen atoms in total. The zero-order chi connectivity index (χ0) is 21.9. The SMILES string of the molecule is CC(C)/C=C\C(C)/C=C/C1CCC(C2CCC(/C=C/C(C)CCC(C)C)CC2)CC1. The van der Waals surface area contributed by atoms with E-state index in [1.54, 1.807) is 0 Å². The molecular formula is C30H52. The summed E-state index contributed by atoms with van der Waals surface area (Å²) in [6, 6.07) is 0. The van der Waals surface area contributed by atoms with Gasteiger partial charge in [-0.05, 0) is 105 Å². The van der Waals surface area contributed by atoms with Crippen molar-refractivity contribution in [1.29, 1.82) is 0 Å². The summed E-state index contributed by atoms with van der Waals surface area (Å²) < 4.78 is 0. The van der Waals surface area contributed by atoms with E-state index in [2.05, 4.69) is 78.0 Å². The number of hydrogen-bond acceptors (Lipinski definition) is 0. The molecule has 172 valence electrons. The van der Waals surface area contributed by atoms with Gasteiger partial charge in [-0.25, -0.2) is 0 Å². The number of allylic oxidation sites excluding steroid dienone is 6. The molecule has 0 spiro atoms. The lowest BCUT2D eigenvalue weighted by molar-refractivity contribution is 0.166. The zero-order valence-electron chi connectivity index (χ0n) is 21.2. The summed E-state index contributed by atoms with van der Waals surface area (Å²) in [5.74, 6) is 6.58. The van der Waals surface area contributed by atoms with E-state index < -0.39 is 0 Å². The van der Waals surface area contributed by atoms with Gasteiger partial charge in [0.25, 0.3) is 0 Å². The zero-order valence-corrected chi connectivity index (χ0v) is 21.2. The molecule has 0 aliphatic heterocycles. The Morgan fingerprint density at radius 3 is 1.53 bits per heavy atom. The topological polar surface area (TPSA) is 0 Å². The molecule has 0 heteroatoms. The summed E-state index contributed by atoms with van der Waals surface area (Å²) in [6.07, 6.45) is 29.2. The Labute approximate surface area is 189 Å². The van der Waals surface area contributed by atoms with Gasteiger partial charge in [0, 0.05) is 0 Å². The maximum absolute atomic E-state index is 2.58. The molecule has 0 aromatic carbocycles. The van der Waals surface area contributed by atoms with E-state index in [0.717, 1.165) is 35.5 Å². The van der Waals surface area contributed by atoms with E-state index in [9.17, 15) is 0 Å². The van der Waals surface area contributed by atoms with Crippen LogP contribution in [0.25, 0.3) is 0 Å². The quantitative estimate of drug-likeness (QED) is 0.313. The highest BCUT2D eigenvalue weighted by Gasteiger charge is 2.29. The fourth-order valence-corrected chi connectivity index (χ4v) is 5.45. The van der Waals surface area contributed by atoms with Gasteiger partial charge in [-0.3, -0.25) is 0 Å². The summed E-state index contributed by atoms with van der Waals surface area (Å²) in [4.78, 5) is 0. The highest BCUT2D eigenvalue weighted by atomic mass is 14.3. The summed E-state index contributed by atoms with van der Waals surface area (Å²) in [5, 5.41) is 0. The minimum Gasteiger partial charge on any atom is -0.0854 e. The highest BCUT2D eigenvalue weighted by molar-refractivity contribution is 5.02. The molecule has 2 rings (SSSR count). The van der Waals surface area contributed by atoms with Crippen LogP contribution < -0.4 is 0 Å². The average molecular weight is 413 g/mol. The fourth-order valence-electron chi connectivity index (χ4n) is 5.45. The van der Waals surface area contributed by atoms with Gasteiger partial charge >= 0.3 is 0 Å². The Kier molecular flexibility index (Phi) is 11.5. The molecule has 0 aromatic rings. The molecule has 30 heavy (non-hydrogen) atoms. The molecule has 2 aliphatic rings. The van der Waals surface area contributed by atoms with Crippen LogP contribution in [0.2, 0.25) is 0 Å². The van der Waals surface area contributed by atoms with Crippen LogP contribution in [0.4, 0.5) is 0 Å². The van der Waals surface area contributed by atoms with E-state index in [0.29, 0.717) is 11.8 Å². The van der Waals surface area contributed by atoms with E-state index in [1.807, 2.05) is 0 Å². The van der Waals surface area contributed by atoms with Crippen LogP contribution >= 0.6 is 0 Å². The largest absolute Gasteiger partial charge is 0.0854 e. The molecule has 0 amide bonds. The summed E-state index contributed by atoms with van der Waals surface area (Å²) in [6.45, 7) is 13.9. The van der Waals surface area contributed by atoms with Crippen LogP contribution in [-0.4, -0.2) is 0 Å². The van der Waals surface area contributed by atoms with Crippen LogP contribution in [0.15, 0.2) is 36.5 Å². The van der Waals surface area contributed by atoms with Crippen LogP contribution in [0.5, 0.6) is 0 Å². The van der Waals surface area contributed by atoms with Gasteiger partial charge in [0.1, 0.15) is 0 Å². The summed E-state index contributed by atoms with van der Waals surface area (Å²) >= 11 is 0. The van der Waals surface area contributed by atoms with Crippen LogP contribution in [0.3, 0.4) is 0 Å². The van der Waals surface area contributed by atoms with Crippen LogP contribution in [-0.2, 0) is 0 Å². The van der Waals surface area contributed by atoms with Gasteiger partial charge in [-0.1, -0.05) is 84.4 Å². The predicted octanol–water partition coefficient (Wildman–Crippen LogP) is 9.63. The van der Waals surface area contributed by atoms with Crippen LogP contribution in [0, 0.1) is 47.3 Å². The molecular weight excluding hydrogens is 360 g/mol. The maximum Gasteiger partial charge on any atom is -0.00817 e. The molecule has 0 aromatic heterocycles. The van der Waals surface area contributed by atoms with Gasteiger partial charge in [-0.2, -0.15) is 0 Å². The lowest BCUT2D eigenvalue weighted by Gasteiger charge is -2.37. The maximum atomic E-state index is 2.58. The number of hydrogen-bond donors (Lipinski definition) is 0. The molecule has 0 bridgehead atoms. The summed E-state index contributed by atoms with van der Waals surface area (Å²) in [5.41, 5.74) is 0. The van der Waals surface area contributed by atoms with Crippen molar-refractivity contribution in [3.05, 3.63) is 36.5 Å². The molecule has 2 saturated carbocycles. The molecule has 0 heterocycles. The lowest BCUT2D eigenvalue weighted by Crippen LogP contribution is -2.25. The molecule has 0 N–H and O–H groups in total. The minimum atomic E-state index is 0.585. The van der Waals surface area contributed by atoms with E-state index >= 15 is 0 Å². The predicted molar refractivity (Wildman–Crippen MR) is 136 cm³/mol. The Morgan fingerprint density at radius 2 is 1.07 bits per heavy atom. The second-order valence-corrected chi connectivity index (χ2v) is 11.6. The smallest absolute Gasteiger partial charge is 0.00817 e. The average Bonchev–Trinajstić information content (AvgIpc) is 2.74. The van der Waals surface area contributed by atoms with Crippen molar-refractivity contribution in [2.75, 3.05) is 0 Å². The van der Waals surface area contributed by atoms with E-state index in [4.69, 9.17) is 0 Å². The van der Waals surface area contributed by atoms with E-state index in [-0.39, 0.29) is 0 Å². The molecule has 2 unspecified atom stereocenters. The first-order chi connectivity index (χ1) is 14.3. The van der Waals surface area contributed by atoms with E-state index in [1.165, 1.54) is 64.2 Å². The lowest BCUT2D eigenvalue weighted by atomic mass is 9.69. The van der Waals surface area contributed by atoms with Crippen molar-refractivity contribution in [2.45, 2.75) is 106 Å². The van der Waals surface area contributed by atoms with Crippen molar-refractivity contribution < 1.29 is 0 Å². The first-order valence-electron chi connectivity index (χ1n) is 13.4. The van der Waals surface area contributed by atoms with Crippen molar-refractivity contribution in [3.63, 3.8) is 0 Å². The molecule has 2 fully saturated rings. The molecule has 2 atom stereocenters. The Hall–Kier alpha value is -0.780. The van der Waals surface area contributed by atoms with Gasteiger partial charge in [0.15, 0.2) is 0 Å². The Morgan fingerprint density at radius 1 is 0.567 bits per heavy atom. The van der Waals surface area contributed by atoms with Crippen molar-refractivity contribution >= 4 is 0 Å². The van der Waals surface area contributed by atoms with Gasteiger partial charge in [0.2, 0.25) is 0 Å². The first-order valence-corrected chi connectivity index (χ1v) is 13.4. The van der Waals surface area contributed by atoms with Gasteiger partial charge < -0.3 is 0 Å². The fraction of sp³-hybridized carbons (Fsp3) is 0.800.